The summed E-state index contributed by atoms with van der Waals surface area (Å²) in [5.41, 5.74) is 0.638. The molecular formula is C31H35FN8O5. The van der Waals surface area contributed by atoms with Crippen LogP contribution in [0.2, 0.25) is 0 Å². The number of likely N-dealkylation sites (tertiary alicyclic amines) is 1. The van der Waals surface area contributed by atoms with Crippen molar-refractivity contribution in [3.05, 3.63) is 46.9 Å². The molecule has 14 heteroatoms. The van der Waals surface area contributed by atoms with Gasteiger partial charge in [-0.3, -0.25) is 34.2 Å². The number of imide groups is 2. The number of halogens is 1. The Hall–Kier alpha value is -4.46. The second kappa shape index (κ2) is 11.5. The molecule has 1 aromatic carbocycles. The molecule has 2 N–H and O–H groups in total. The molecule has 3 unspecified atom stereocenters. The quantitative estimate of drug-likeness (QED) is 0.443. The number of anilines is 2. The molecule has 0 aliphatic carbocycles. The van der Waals surface area contributed by atoms with Gasteiger partial charge in [0.05, 0.1) is 16.8 Å². The van der Waals surface area contributed by atoms with E-state index in [1.807, 2.05) is 11.0 Å². The number of hydrogen-bond acceptors (Lipinski definition) is 10. The van der Waals surface area contributed by atoms with Gasteiger partial charge >= 0.3 is 0 Å². The average molecular weight is 619 g/mol. The van der Waals surface area contributed by atoms with Crippen LogP contribution in [0.15, 0.2) is 24.3 Å². The SMILES string of the molecule is CNC(=O)c1ccc(N2CC3CN(CC4CCN(c5cc6c(cc5F)C(=O)N(C5CCC(=O)NC5=O)C6=O)CC4)CC3C2)nn1. The molecule has 6 heterocycles. The Kier molecular flexibility index (Phi) is 7.46. The first kappa shape index (κ1) is 29.3. The van der Waals surface area contributed by atoms with Crippen molar-refractivity contribution in [1.29, 1.82) is 0 Å². The van der Waals surface area contributed by atoms with Gasteiger partial charge in [-0.15, -0.1) is 10.2 Å². The number of piperidine rings is 2. The van der Waals surface area contributed by atoms with Crippen LogP contribution in [0, 0.1) is 23.6 Å². The van der Waals surface area contributed by atoms with Crippen molar-refractivity contribution in [2.75, 3.05) is 62.7 Å². The lowest BCUT2D eigenvalue weighted by Crippen LogP contribution is -2.54. The van der Waals surface area contributed by atoms with Gasteiger partial charge < -0.3 is 20.0 Å². The van der Waals surface area contributed by atoms with Gasteiger partial charge in [0.1, 0.15) is 11.9 Å². The molecule has 7 rings (SSSR count). The smallest absolute Gasteiger partial charge is 0.271 e. The van der Waals surface area contributed by atoms with Gasteiger partial charge in [-0.25, -0.2) is 4.39 Å². The van der Waals surface area contributed by atoms with Crippen molar-refractivity contribution in [1.82, 2.24) is 30.6 Å². The zero-order valence-electron chi connectivity index (χ0n) is 25.0. The largest absolute Gasteiger partial charge is 0.369 e. The summed E-state index contributed by atoms with van der Waals surface area (Å²) in [4.78, 5) is 69.5. The minimum Gasteiger partial charge on any atom is -0.369 e. The van der Waals surface area contributed by atoms with Crippen LogP contribution in [0.4, 0.5) is 15.9 Å². The number of hydrogen-bond donors (Lipinski definition) is 2. The topological polar surface area (TPSA) is 148 Å². The van der Waals surface area contributed by atoms with E-state index in [-0.39, 0.29) is 29.9 Å². The Bertz CT molecular complexity index is 1560. The minimum atomic E-state index is -1.08. The van der Waals surface area contributed by atoms with E-state index >= 15 is 4.39 Å². The molecule has 5 aliphatic rings. The number of nitrogens with one attached hydrogen (secondary N) is 2. The standard InChI is InChI=1S/C31H35FN8O5/c1-33-28(42)23-2-4-26(36-35-23)39-15-18-13-37(14-19(18)16-39)12-17-6-8-38(9-7-17)25-11-21-20(10-22(25)32)30(44)40(31(21)45)24-3-5-27(41)34-29(24)43/h2,4,10-11,17-19,24H,3,5-9,12-16H2,1H3,(H,33,42)(H,34,41,43). The fourth-order valence-corrected chi connectivity index (χ4v) is 7.61. The van der Waals surface area contributed by atoms with Gasteiger partial charge in [-0.1, -0.05) is 0 Å². The lowest BCUT2D eigenvalue weighted by atomic mass is 9.95. The molecule has 4 fully saturated rings. The van der Waals surface area contributed by atoms with Crippen molar-refractivity contribution in [3.63, 3.8) is 0 Å². The van der Waals surface area contributed by atoms with Crippen molar-refractivity contribution >= 4 is 41.0 Å². The lowest BCUT2D eigenvalue weighted by Gasteiger charge is -2.35. The number of amides is 5. The van der Waals surface area contributed by atoms with Crippen LogP contribution in [0.5, 0.6) is 0 Å². The van der Waals surface area contributed by atoms with E-state index in [2.05, 4.69) is 30.6 Å². The molecule has 0 spiro atoms. The Morgan fingerprint density at radius 1 is 0.933 bits per heavy atom. The molecule has 0 radical (unpaired) electrons. The molecule has 13 nitrogen and oxygen atoms in total. The van der Waals surface area contributed by atoms with Gasteiger partial charge in [0, 0.05) is 59.3 Å². The van der Waals surface area contributed by atoms with E-state index in [1.54, 1.807) is 13.1 Å². The predicted octanol–water partition coefficient (Wildman–Crippen LogP) is 0.661. The minimum absolute atomic E-state index is 0.0284. The van der Waals surface area contributed by atoms with Gasteiger partial charge in [0.15, 0.2) is 11.5 Å². The zero-order chi connectivity index (χ0) is 31.4. The van der Waals surface area contributed by atoms with Gasteiger partial charge in [-0.05, 0) is 61.3 Å². The zero-order valence-corrected chi connectivity index (χ0v) is 25.0. The van der Waals surface area contributed by atoms with E-state index in [0.717, 1.165) is 62.3 Å². The molecule has 236 valence electrons. The highest BCUT2D eigenvalue weighted by Gasteiger charge is 2.46. The lowest BCUT2D eigenvalue weighted by molar-refractivity contribution is -0.136. The van der Waals surface area contributed by atoms with E-state index in [1.165, 1.54) is 6.07 Å². The van der Waals surface area contributed by atoms with Crippen LogP contribution in [-0.4, -0.2) is 108 Å². The summed E-state index contributed by atoms with van der Waals surface area (Å²) >= 11 is 0. The Morgan fingerprint density at radius 2 is 1.62 bits per heavy atom. The Labute approximate surface area is 259 Å². The molecule has 0 bridgehead atoms. The van der Waals surface area contributed by atoms with Crippen LogP contribution in [0.1, 0.15) is 56.9 Å². The third-order valence-corrected chi connectivity index (χ3v) is 9.97. The fraction of sp³-hybridized carbons (Fsp3) is 0.516. The first-order chi connectivity index (χ1) is 21.7. The monoisotopic (exact) mass is 618 g/mol. The van der Waals surface area contributed by atoms with Gasteiger partial charge in [0.25, 0.3) is 17.7 Å². The van der Waals surface area contributed by atoms with Crippen molar-refractivity contribution in [3.8, 4) is 0 Å². The molecule has 3 atom stereocenters. The molecule has 45 heavy (non-hydrogen) atoms. The van der Waals surface area contributed by atoms with Crippen LogP contribution in [0.25, 0.3) is 0 Å². The maximum absolute atomic E-state index is 15.3. The number of carbonyl (C=O) groups is 5. The second-order valence-electron chi connectivity index (χ2n) is 12.7. The van der Waals surface area contributed by atoms with Crippen LogP contribution in [-0.2, 0) is 9.59 Å². The molecule has 0 saturated carbocycles. The van der Waals surface area contributed by atoms with Gasteiger partial charge in [0.2, 0.25) is 11.8 Å². The van der Waals surface area contributed by atoms with Crippen molar-refractivity contribution in [2.45, 2.75) is 31.7 Å². The van der Waals surface area contributed by atoms with E-state index in [9.17, 15) is 24.0 Å². The predicted molar refractivity (Wildman–Crippen MR) is 159 cm³/mol. The summed E-state index contributed by atoms with van der Waals surface area (Å²) in [5, 5.41) is 13.1. The molecule has 5 amide bonds. The Morgan fingerprint density at radius 3 is 2.24 bits per heavy atom. The summed E-state index contributed by atoms with van der Waals surface area (Å²) < 4.78 is 15.3. The molecule has 5 aliphatic heterocycles. The van der Waals surface area contributed by atoms with Crippen molar-refractivity contribution < 1.29 is 28.4 Å². The van der Waals surface area contributed by atoms with E-state index in [0.29, 0.717) is 42.2 Å². The van der Waals surface area contributed by atoms with E-state index < -0.39 is 35.5 Å². The van der Waals surface area contributed by atoms with Crippen LogP contribution >= 0.6 is 0 Å². The number of nitrogens with zero attached hydrogens (tertiary/aromatic N) is 6. The average Bonchev–Trinajstić information content (AvgIpc) is 3.67. The van der Waals surface area contributed by atoms with Crippen molar-refractivity contribution in [2.24, 2.45) is 17.8 Å². The third-order valence-electron chi connectivity index (χ3n) is 9.97. The summed E-state index contributed by atoms with van der Waals surface area (Å²) in [6.07, 6.45) is 1.85. The number of benzene rings is 1. The summed E-state index contributed by atoms with van der Waals surface area (Å²) in [6.45, 7) is 6.12. The number of aromatic nitrogens is 2. The highest BCUT2D eigenvalue weighted by atomic mass is 19.1. The summed E-state index contributed by atoms with van der Waals surface area (Å²) in [5.74, 6) is -0.929. The highest BCUT2D eigenvalue weighted by Crippen LogP contribution is 2.36. The number of carbonyl (C=O) groups excluding carboxylic acids is 5. The first-order valence-electron chi connectivity index (χ1n) is 15.5. The maximum Gasteiger partial charge on any atom is 0.271 e. The van der Waals surface area contributed by atoms with Crippen LogP contribution < -0.4 is 20.4 Å². The van der Waals surface area contributed by atoms with Crippen LogP contribution in [0.3, 0.4) is 0 Å². The Balaban J connectivity index is 0.926. The number of rotatable bonds is 6. The first-order valence-corrected chi connectivity index (χ1v) is 15.5. The van der Waals surface area contributed by atoms with Gasteiger partial charge in [-0.2, -0.15) is 0 Å². The molecule has 4 saturated heterocycles. The molecule has 2 aromatic rings. The maximum atomic E-state index is 15.3. The molecular weight excluding hydrogens is 583 g/mol. The summed E-state index contributed by atoms with van der Waals surface area (Å²) in [7, 11) is 1.57. The third kappa shape index (κ3) is 5.30. The molecule has 1 aromatic heterocycles. The normalized spacial score (nSPS) is 25.6. The fourth-order valence-electron chi connectivity index (χ4n) is 7.61. The second-order valence-corrected chi connectivity index (χ2v) is 12.7. The summed E-state index contributed by atoms with van der Waals surface area (Å²) in [6, 6.07) is 5.03. The highest BCUT2D eigenvalue weighted by molar-refractivity contribution is 6.23. The van der Waals surface area contributed by atoms with E-state index in [4.69, 9.17) is 0 Å². The number of fused-ring (bicyclic) bond motifs is 2.